The molecule has 1 aromatic heterocycles. The van der Waals surface area contributed by atoms with Gasteiger partial charge in [-0.25, -0.2) is 9.37 Å². The molecular formula is C25H21FN4O3S. The fourth-order valence-corrected chi connectivity index (χ4v) is 4.10. The van der Waals surface area contributed by atoms with Crippen molar-refractivity contribution in [2.45, 2.75) is 18.5 Å². The van der Waals surface area contributed by atoms with Crippen molar-refractivity contribution in [1.82, 2.24) is 20.4 Å². The largest absolute Gasteiger partial charge is 0.272 e. The van der Waals surface area contributed by atoms with Crippen molar-refractivity contribution in [3.8, 4) is 5.69 Å². The van der Waals surface area contributed by atoms with Gasteiger partial charge in [0.2, 0.25) is 5.91 Å². The van der Waals surface area contributed by atoms with E-state index in [1.807, 2.05) is 31.2 Å². The zero-order valence-electron chi connectivity index (χ0n) is 18.2. The molecule has 9 heteroatoms. The molecule has 0 fully saturated rings. The maximum absolute atomic E-state index is 13.3. The van der Waals surface area contributed by atoms with E-state index < -0.39 is 17.6 Å². The fraction of sp³-hybridized carbons (Fsp3) is 0.120. The summed E-state index contributed by atoms with van der Waals surface area (Å²) in [6.07, 6.45) is 0.872. The number of hydrogen-bond donors (Lipinski definition) is 2. The van der Waals surface area contributed by atoms with E-state index >= 15 is 0 Å². The second kappa shape index (κ2) is 10.3. The molecule has 0 spiro atoms. The molecule has 0 bridgehead atoms. The second-order valence-electron chi connectivity index (χ2n) is 7.37. The molecular weight excluding hydrogens is 455 g/mol. The monoisotopic (exact) mass is 476 g/mol. The summed E-state index contributed by atoms with van der Waals surface area (Å²) in [4.78, 5) is 42.3. The Morgan fingerprint density at radius 3 is 2.38 bits per heavy atom. The van der Waals surface area contributed by atoms with Crippen LogP contribution in [0.1, 0.15) is 22.8 Å². The van der Waals surface area contributed by atoms with Crippen LogP contribution in [0.4, 0.5) is 4.39 Å². The molecule has 7 nitrogen and oxygen atoms in total. The van der Waals surface area contributed by atoms with Crippen LogP contribution in [0.25, 0.3) is 16.6 Å². The van der Waals surface area contributed by atoms with E-state index in [1.54, 1.807) is 24.3 Å². The first-order valence-electron chi connectivity index (χ1n) is 10.5. The predicted octanol–water partition coefficient (Wildman–Crippen LogP) is 3.64. The summed E-state index contributed by atoms with van der Waals surface area (Å²) in [6, 6.07) is 19.6. The zero-order valence-corrected chi connectivity index (χ0v) is 19.1. The van der Waals surface area contributed by atoms with Crippen LogP contribution in [0, 0.1) is 5.82 Å². The Morgan fingerprint density at radius 1 is 0.971 bits per heavy atom. The lowest BCUT2D eigenvalue weighted by Crippen LogP contribution is -2.42. The molecule has 172 valence electrons. The summed E-state index contributed by atoms with van der Waals surface area (Å²) in [7, 11) is 0. The maximum atomic E-state index is 13.3. The first-order chi connectivity index (χ1) is 16.5. The van der Waals surface area contributed by atoms with Crippen molar-refractivity contribution < 1.29 is 14.0 Å². The SMILES string of the molecule is CCc1ccc(-n2c(SCC(=O)NNC(=O)c3ccc(F)cc3)nc3ccccc3c2=O)cc1. The Labute approximate surface area is 199 Å². The first kappa shape index (κ1) is 23.2. The number of halogens is 1. The highest BCUT2D eigenvalue weighted by atomic mass is 32.2. The number of carbonyl (C=O) groups is 2. The summed E-state index contributed by atoms with van der Waals surface area (Å²) >= 11 is 1.08. The van der Waals surface area contributed by atoms with Gasteiger partial charge in [-0.3, -0.25) is 29.8 Å². The number of thioether (sulfide) groups is 1. The van der Waals surface area contributed by atoms with Gasteiger partial charge >= 0.3 is 0 Å². The maximum Gasteiger partial charge on any atom is 0.269 e. The molecule has 0 aliphatic carbocycles. The molecule has 2 N–H and O–H groups in total. The lowest BCUT2D eigenvalue weighted by Gasteiger charge is -2.14. The predicted molar refractivity (Wildman–Crippen MR) is 129 cm³/mol. The van der Waals surface area contributed by atoms with Crippen LogP contribution >= 0.6 is 11.8 Å². The fourth-order valence-electron chi connectivity index (χ4n) is 3.28. The molecule has 0 aliphatic rings. The quantitative estimate of drug-likeness (QED) is 0.252. The third kappa shape index (κ3) is 5.15. The minimum atomic E-state index is -0.574. The average molecular weight is 477 g/mol. The summed E-state index contributed by atoms with van der Waals surface area (Å²) in [5, 5.41) is 0.829. The Balaban J connectivity index is 1.53. The third-order valence-electron chi connectivity index (χ3n) is 5.10. The molecule has 4 aromatic rings. The van der Waals surface area contributed by atoms with E-state index in [4.69, 9.17) is 0 Å². The first-order valence-corrected chi connectivity index (χ1v) is 11.5. The van der Waals surface area contributed by atoms with Gasteiger partial charge in [-0.1, -0.05) is 43.0 Å². The molecule has 0 saturated carbocycles. The molecule has 0 radical (unpaired) electrons. The number of aromatic nitrogens is 2. The lowest BCUT2D eigenvalue weighted by atomic mass is 10.1. The number of hydrazine groups is 1. The van der Waals surface area contributed by atoms with Gasteiger partial charge in [-0.15, -0.1) is 0 Å². The van der Waals surface area contributed by atoms with E-state index in [9.17, 15) is 18.8 Å². The molecule has 0 unspecified atom stereocenters. The Morgan fingerprint density at radius 2 is 1.68 bits per heavy atom. The summed E-state index contributed by atoms with van der Waals surface area (Å²) < 4.78 is 14.5. The summed E-state index contributed by atoms with van der Waals surface area (Å²) in [5.74, 6) is -1.62. The van der Waals surface area contributed by atoms with Crippen LogP contribution < -0.4 is 16.4 Å². The van der Waals surface area contributed by atoms with Crippen LogP contribution in [-0.2, 0) is 11.2 Å². The summed E-state index contributed by atoms with van der Waals surface area (Å²) in [6.45, 7) is 2.05. The third-order valence-corrected chi connectivity index (χ3v) is 6.04. The number of nitrogens with zero attached hydrogens (tertiary/aromatic N) is 2. The van der Waals surface area contributed by atoms with E-state index in [1.165, 1.54) is 16.7 Å². The zero-order chi connectivity index (χ0) is 24.1. The van der Waals surface area contributed by atoms with Gasteiger partial charge in [-0.2, -0.15) is 0 Å². The molecule has 1 heterocycles. The molecule has 0 atom stereocenters. The standard InChI is InChI=1S/C25H21FN4O3S/c1-2-16-7-13-19(14-8-16)30-24(33)20-5-3-4-6-21(20)27-25(30)34-15-22(31)28-29-23(32)17-9-11-18(26)12-10-17/h3-14H,2,15H2,1H3,(H,28,31)(H,29,32). The van der Waals surface area contributed by atoms with Crippen LogP contribution in [0.2, 0.25) is 0 Å². The minimum absolute atomic E-state index is 0.0957. The molecule has 2 amide bonds. The number of carbonyl (C=O) groups excluding carboxylic acids is 2. The van der Waals surface area contributed by atoms with Crippen molar-refractivity contribution in [2.75, 3.05) is 5.75 Å². The van der Waals surface area contributed by atoms with E-state index in [-0.39, 0.29) is 16.9 Å². The lowest BCUT2D eigenvalue weighted by molar-refractivity contribution is -0.119. The molecule has 4 rings (SSSR count). The van der Waals surface area contributed by atoms with Gasteiger partial charge in [0.15, 0.2) is 5.16 Å². The number of nitrogens with one attached hydrogen (secondary N) is 2. The highest BCUT2D eigenvalue weighted by Crippen LogP contribution is 2.21. The number of rotatable bonds is 6. The Hall–Kier alpha value is -3.98. The number of amides is 2. The number of benzene rings is 3. The number of hydrogen-bond acceptors (Lipinski definition) is 5. The van der Waals surface area contributed by atoms with Gasteiger partial charge in [0, 0.05) is 5.56 Å². The van der Waals surface area contributed by atoms with Gasteiger partial charge in [0.25, 0.3) is 11.5 Å². The molecule has 3 aromatic carbocycles. The topological polar surface area (TPSA) is 93.1 Å². The van der Waals surface area contributed by atoms with Gasteiger partial charge in [0.05, 0.1) is 22.3 Å². The number of fused-ring (bicyclic) bond motifs is 1. The van der Waals surface area contributed by atoms with Crippen molar-refractivity contribution >= 4 is 34.5 Å². The van der Waals surface area contributed by atoms with E-state index in [0.29, 0.717) is 21.7 Å². The number of para-hydroxylation sites is 1. The second-order valence-corrected chi connectivity index (χ2v) is 8.31. The van der Waals surface area contributed by atoms with Crippen LogP contribution in [0.15, 0.2) is 82.7 Å². The smallest absolute Gasteiger partial charge is 0.269 e. The van der Waals surface area contributed by atoms with Crippen LogP contribution in [-0.4, -0.2) is 27.1 Å². The molecule has 0 saturated heterocycles. The van der Waals surface area contributed by atoms with Crippen molar-refractivity contribution in [3.63, 3.8) is 0 Å². The van der Waals surface area contributed by atoms with Crippen LogP contribution in [0.3, 0.4) is 0 Å². The van der Waals surface area contributed by atoms with Crippen LogP contribution in [0.5, 0.6) is 0 Å². The highest BCUT2D eigenvalue weighted by molar-refractivity contribution is 7.99. The van der Waals surface area contributed by atoms with Crippen molar-refractivity contribution in [3.05, 3.63) is 100 Å². The van der Waals surface area contributed by atoms with Crippen molar-refractivity contribution in [2.24, 2.45) is 0 Å². The highest BCUT2D eigenvalue weighted by Gasteiger charge is 2.15. The molecule has 34 heavy (non-hydrogen) atoms. The normalized spacial score (nSPS) is 10.8. The van der Waals surface area contributed by atoms with Crippen molar-refractivity contribution in [1.29, 1.82) is 0 Å². The Kier molecular flexibility index (Phi) is 7.03. The average Bonchev–Trinajstić information content (AvgIpc) is 2.86. The minimum Gasteiger partial charge on any atom is -0.272 e. The molecule has 0 aliphatic heterocycles. The van der Waals surface area contributed by atoms with Gasteiger partial charge < -0.3 is 0 Å². The Bertz CT molecular complexity index is 1400. The van der Waals surface area contributed by atoms with E-state index in [0.717, 1.165) is 35.9 Å². The van der Waals surface area contributed by atoms with Gasteiger partial charge in [-0.05, 0) is 60.5 Å². The summed E-state index contributed by atoms with van der Waals surface area (Å²) in [5.41, 5.74) is 6.90. The van der Waals surface area contributed by atoms with Gasteiger partial charge in [0.1, 0.15) is 5.82 Å². The number of aryl methyl sites for hydroxylation is 1. The van der Waals surface area contributed by atoms with E-state index in [2.05, 4.69) is 15.8 Å².